The summed E-state index contributed by atoms with van der Waals surface area (Å²) in [5, 5.41) is 9.10. The van der Waals surface area contributed by atoms with Gasteiger partial charge in [-0.3, -0.25) is 4.79 Å². The molecule has 0 saturated heterocycles. The van der Waals surface area contributed by atoms with Gasteiger partial charge in [0.15, 0.2) is 11.6 Å². The summed E-state index contributed by atoms with van der Waals surface area (Å²) in [7, 11) is 0. The summed E-state index contributed by atoms with van der Waals surface area (Å²) >= 11 is 6.13. The number of hydrogen-bond donors (Lipinski definition) is 1. The molecule has 0 unspecified atom stereocenters. The smallest absolute Gasteiger partial charge is 0.304 e. The third-order valence-electron chi connectivity index (χ3n) is 3.60. The highest BCUT2D eigenvalue weighted by Crippen LogP contribution is 2.36. The minimum Gasteiger partial charge on any atom is -0.484 e. The average Bonchev–Trinajstić information content (AvgIpc) is 2.46. The summed E-state index contributed by atoms with van der Waals surface area (Å²) in [6.07, 6.45) is -0.118. The van der Waals surface area contributed by atoms with E-state index in [1.807, 2.05) is 30.3 Å². The lowest BCUT2D eigenvalue weighted by atomic mass is 9.81. The van der Waals surface area contributed by atoms with E-state index in [0.717, 1.165) is 5.56 Å². The lowest BCUT2D eigenvalue weighted by molar-refractivity contribution is -0.138. The van der Waals surface area contributed by atoms with E-state index in [1.54, 1.807) is 19.9 Å². The molecule has 5 heteroatoms. The second-order valence-corrected chi connectivity index (χ2v) is 6.40. The highest BCUT2D eigenvalue weighted by Gasteiger charge is 2.26. The van der Waals surface area contributed by atoms with E-state index >= 15 is 0 Å². The lowest BCUT2D eigenvalue weighted by Gasteiger charge is -2.24. The van der Waals surface area contributed by atoms with Gasteiger partial charge in [-0.25, -0.2) is 4.39 Å². The van der Waals surface area contributed by atoms with E-state index < -0.39 is 17.2 Å². The predicted molar refractivity (Wildman–Crippen MR) is 87.5 cm³/mol. The third-order valence-corrected chi connectivity index (χ3v) is 3.88. The van der Waals surface area contributed by atoms with Crippen LogP contribution >= 0.6 is 11.6 Å². The molecule has 122 valence electrons. The van der Waals surface area contributed by atoms with Crippen molar-refractivity contribution in [3.63, 3.8) is 0 Å². The van der Waals surface area contributed by atoms with Crippen molar-refractivity contribution >= 4 is 17.6 Å². The summed E-state index contributed by atoms with van der Waals surface area (Å²) in [6.45, 7) is 3.67. The molecule has 2 aromatic carbocycles. The SMILES string of the molecule is CC(C)(CC(=O)O)c1cc(F)c(OCc2ccccc2)c(Cl)c1. The Morgan fingerprint density at radius 1 is 1.26 bits per heavy atom. The first-order valence-electron chi connectivity index (χ1n) is 7.17. The zero-order valence-corrected chi connectivity index (χ0v) is 13.7. The Balaban J connectivity index is 2.22. The Kier molecular flexibility index (Phi) is 5.26. The lowest BCUT2D eigenvalue weighted by Crippen LogP contribution is -2.22. The van der Waals surface area contributed by atoms with Gasteiger partial charge in [0.2, 0.25) is 0 Å². The zero-order chi connectivity index (χ0) is 17.0. The number of hydrogen-bond acceptors (Lipinski definition) is 2. The van der Waals surface area contributed by atoms with Crippen molar-refractivity contribution in [2.75, 3.05) is 0 Å². The molecule has 0 atom stereocenters. The van der Waals surface area contributed by atoms with Crippen LogP contribution in [0.4, 0.5) is 4.39 Å². The Hall–Kier alpha value is -2.07. The Bertz CT molecular complexity index is 676. The van der Waals surface area contributed by atoms with E-state index in [4.69, 9.17) is 21.4 Å². The quantitative estimate of drug-likeness (QED) is 0.823. The highest BCUT2D eigenvalue weighted by molar-refractivity contribution is 6.32. The predicted octanol–water partition coefficient (Wildman–Crippen LogP) is 4.81. The summed E-state index contributed by atoms with van der Waals surface area (Å²) in [6, 6.07) is 12.2. The Morgan fingerprint density at radius 3 is 2.48 bits per heavy atom. The molecule has 2 rings (SSSR count). The molecule has 0 fully saturated rings. The van der Waals surface area contributed by atoms with Gasteiger partial charge in [-0.15, -0.1) is 0 Å². The summed E-state index contributed by atoms with van der Waals surface area (Å²) in [5.74, 6) is -1.57. The van der Waals surface area contributed by atoms with Crippen LogP contribution in [0.3, 0.4) is 0 Å². The van der Waals surface area contributed by atoms with E-state index in [2.05, 4.69) is 0 Å². The molecule has 0 amide bonds. The van der Waals surface area contributed by atoms with Crippen molar-refractivity contribution in [2.24, 2.45) is 0 Å². The van der Waals surface area contributed by atoms with Crippen LogP contribution in [0.2, 0.25) is 5.02 Å². The minimum absolute atomic E-state index is 0.0228. The van der Waals surface area contributed by atoms with Crippen molar-refractivity contribution in [1.82, 2.24) is 0 Å². The maximum Gasteiger partial charge on any atom is 0.304 e. The molecular formula is C18H18ClFO3. The van der Waals surface area contributed by atoms with Crippen LogP contribution in [-0.4, -0.2) is 11.1 Å². The third kappa shape index (κ3) is 4.45. The molecule has 0 aliphatic carbocycles. The van der Waals surface area contributed by atoms with Gasteiger partial charge in [0, 0.05) is 5.41 Å². The van der Waals surface area contributed by atoms with Crippen LogP contribution in [0.15, 0.2) is 42.5 Å². The summed E-state index contributed by atoms with van der Waals surface area (Å²) in [4.78, 5) is 10.9. The summed E-state index contributed by atoms with van der Waals surface area (Å²) < 4.78 is 19.8. The largest absolute Gasteiger partial charge is 0.484 e. The standard InChI is InChI=1S/C18H18ClFO3/c1-18(2,10-16(21)22)13-8-14(19)17(15(20)9-13)23-11-12-6-4-3-5-7-12/h3-9H,10-11H2,1-2H3,(H,21,22). The number of benzene rings is 2. The molecule has 0 aliphatic rings. The molecule has 0 bridgehead atoms. The normalized spacial score (nSPS) is 11.3. The van der Waals surface area contributed by atoms with Crippen molar-refractivity contribution < 1.29 is 19.0 Å². The van der Waals surface area contributed by atoms with Crippen molar-refractivity contribution in [2.45, 2.75) is 32.3 Å². The number of carboxylic acids is 1. The molecule has 0 spiro atoms. The fourth-order valence-electron chi connectivity index (χ4n) is 2.30. The van der Waals surface area contributed by atoms with Gasteiger partial charge in [-0.2, -0.15) is 0 Å². The molecular weight excluding hydrogens is 319 g/mol. The molecule has 2 aromatic rings. The van der Waals surface area contributed by atoms with E-state index in [9.17, 15) is 9.18 Å². The molecule has 1 N–H and O–H groups in total. The van der Waals surface area contributed by atoms with Crippen LogP contribution < -0.4 is 4.74 Å². The van der Waals surface area contributed by atoms with Crippen molar-refractivity contribution in [3.8, 4) is 5.75 Å². The van der Waals surface area contributed by atoms with Gasteiger partial charge in [0.25, 0.3) is 0 Å². The van der Waals surface area contributed by atoms with Crippen LogP contribution in [0, 0.1) is 5.82 Å². The van der Waals surface area contributed by atoms with E-state index in [0.29, 0.717) is 5.56 Å². The van der Waals surface area contributed by atoms with Crippen LogP contribution in [0.25, 0.3) is 0 Å². The van der Waals surface area contributed by atoms with Crippen molar-refractivity contribution in [3.05, 3.63) is 64.4 Å². The fraction of sp³-hybridized carbons (Fsp3) is 0.278. The van der Waals surface area contributed by atoms with E-state index in [1.165, 1.54) is 6.07 Å². The van der Waals surface area contributed by atoms with Gasteiger partial charge >= 0.3 is 5.97 Å². The molecule has 0 radical (unpaired) electrons. The minimum atomic E-state index is -0.948. The monoisotopic (exact) mass is 336 g/mol. The first kappa shape index (κ1) is 17.3. The molecule has 0 aromatic heterocycles. The number of carbonyl (C=O) groups is 1. The second kappa shape index (κ2) is 7.01. The number of rotatable bonds is 6. The van der Waals surface area contributed by atoms with E-state index in [-0.39, 0.29) is 23.8 Å². The number of halogens is 2. The van der Waals surface area contributed by atoms with Gasteiger partial charge in [0.05, 0.1) is 11.4 Å². The molecule has 0 aliphatic heterocycles. The zero-order valence-electron chi connectivity index (χ0n) is 13.0. The maximum absolute atomic E-state index is 14.3. The second-order valence-electron chi connectivity index (χ2n) is 6.00. The van der Waals surface area contributed by atoms with Gasteiger partial charge in [-0.05, 0) is 23.3 Å². The van der Waals surface area contributed by atoms with Crippen LogP contribution in [0.5, 0.6) is 5.75 Å². The molecule has 23 heavy (non-hydrogen) atoms. The van der Waals surface area contributed by atoms with Crippen LogP contribution in [0.1, 0.15) is 31.4 Å². The number of aliphatic carboxylic acids is 1. The Labute approximate surface area is 139 Å². The molecule has 3 nitrogen and oxygen atoms in total. The first-order valence-corrected chi connectivity index (χ1v) is 7.55. The molecule has 0 heterocycles. The fourth-order valence-corrected chi connectivity index (χ4v) is 2.56. The Morgan fingerprint density at radius 2 is 1.91 bits per heavy atom. The average molecular weight is 337 g/mol. The maximum atomic E-state index is 14.3. The van der Waals surface area contributed by atoms with Crippen LogP contribution in [-0.2, 0) is 16.8 Å². The first-order chi connectivity index (χ1) is 10.8. The van der Waals surface area contributed by atoms with Gasteiger partial charge in [-0.1, -0.05) is 55.8 Å². The van der Waals surface area contributed by atoms with Gasteiger partial charge in [0.1, 0.15) is 6.61 Å². The van der Waals surface area contributed by atoms with Crippen molar-refractivity contribution in [1.29, 1.82) is 0 Å². The summed E-state index contributed by atoms with van der Waals surface area (Å²) in [5.41, 5.74) is 0.696. The van der Waals surface area contributed by atoms with Gasteiger partial charge < -0.3 is 9.84 Å². The molecule has 0 saturated carbocycles. The number of ether oxygens (including phenoxy) is 1. The number of carboxylic acid groups (broad SMARTS) is 1. The topological polar surface area (TPSA) is 46.5 Å². The highest BCUT2D eigenvalue weighted by atomic mass is 35.5.